The number of rotatable bonds is 3. The fraction of sp³-hybridized carbons (Fsp3) is 0.353. The van der Waals surface area contributed by atoms with E-state index in [0.29, 0.717) is 32.1 Å². The van der Waals surface area contributed by atoms with Gasteiger partial charge in [0.1, 0.15) is 6.10 Å². The average Bonchev–Trinajstić information content (AvgIpc) is 3.15. The van der Waals surface area contributed by atoms with Gasteiger partial charge in [0.2, 0.25) is 5.91 Å². The van der Waals surface area contributed by atoms with Crippen LogP contribution in [0.5, 0.6) is 0 Å². The minimum Gasteiger partial charge on any atom is -0.442 e. The van der Waals surface area contributed by atoms with Crippen molar-refractivity contribution in [3.05, 3.63) is 35.5 Å². The van der Waals surface area contributed by atoms with Gasteiger partial charge >= 0.3 is 6.09 Å². The third-order valence-corrected chi connectivity index (χ3v) is 4.26. The van der Waals surface area contributed by atoms with Crippen LogP contribution >= 0.6 is 0 Å². The standard InChI is InChI=1S/C17H17N3O5/c1-10(21)18-6-14-7-20(17(22)24-14)13-2-3-15-11(4-13)8-23-9-12-5-19-25-16(12)15/h2-5,14H,6-9H2,1H3,(H,18,21)/t14-/m0/s1. The van der Waals surface area contributed by atoms with Crippen molar-refractivity contribution in [3.63, 3.8) is 0 Å². The molecule has 0 aliphatic carbocycles. The number of carbonyl (C=O) groups is 2. The van der Waals surface area contributed by atoms with Gasteiger partial charge in [-0.05, 0) is 23.8 Å². The van der Waals surface area contributed by atoms with E-state index in [2.05, 4.69) is 10.5 Å². The Kier molecular flexibility index (Phi) is 3.89. The summed E-state index contributed by atoms with van der Waals surface area (Å²) in [5.74, 6) is 0.547. The molecule has 25 heavy (non-hydrogen) atoms. The van der Waals surface area contributed by atoms with Crippen LogP contribution in [0, 0.1) is 0 Å². The molecule has 0 spiro atoms. The molecular weight excluding hydrogens is 326 g/mol. The monoisotopic (exact) mass is 343 g/mol. The number of benzene rings is 1. The number of hydrogen-bond donors (Lipinski definition) is 1. The summed E-state index contributed by atoms with van der Waals surface area (Å²) in [6.07, 6.45) is 0.862. The lowest BCUT2D eigenvalue weighted by Crippen LogP contribution is -2.33. The number of nitrogens with one attached hydrogen (secondary N) is 1. The maximum atomic E-state index is 12.2. The van der Waals surface area contributed by atoms with Crippen molar-refractivity contribution < 1.29 is 23.6 Å². The lowest BCUT2D eigenvalue weighted by atomic mass is 10.0. The third kappa shape index (κ3) is 2.96. The second-order valence-electron chi connectivity index (χ2n) is 6.07. The van der Waals surface area contributed by atoms with Crippen molar-refractivity contribution in [2.75, 3.05) is 18.0 Å². The van der Waals surface area contributed by atoms with Crippen molar-refractivity contribution >= 4 is 17.7 Å². The highest BCUT2D eigenvalue weighted by atomic mass is 16.6. The van der Waals surface area contributed by atoms with Crippen LogP contribution in [-0.4, -0.2) is 36.4 Å². The molecule has 2 aliphatic rings. The quantitative estimate of drug-likeness (QED) is 0.914. The van der Waals surface area contributed by atoms with Gasteiger partial charge < -0.3 is 19.3 Å². The minimum atomic E-state index is -0.426. The molecule has 0 saturated carbocycles. The van der Waals surface area contributed by atoms with E-state index in [1.54, 1.807) is 11.1 Å². The summed E-state index contributed by atoms with van der Waals surface area (Å²) in [5.41, 5.74) is 3.46. The zero-order chi connectivity index (χ0) is 17.4. The predicted molar refractivity (Wildman–Crippen MR) is 86.7 cm³/mol. The van der Waals surface area contributed by atoms with Crippen LogP contribution < -0.4 is 10.2 Å². The number of ether oxygens (including phenoxy) is 2. The first kappa shape index (κ1) is 15.6. The first-order chi connectivity index (χ1) is 12.1. The topological polar surface area (TPSA) is 93.9 Å². The molecule has 3 heterocycles. The Balaban J connectivity index is 1.58. The summed E-state index contributed by atoms with van der Waals surface area (Å²) >= 11 is 0. The number of aromatic nitrogens is 1. The summed E-state index contributed by atoms with van der Waals surface area (Å²) in [5, 5.41) is 6.49. The number of hydrogen-bond acceptors (Lipinski definition) is 6. The normalized spacial score (nSPS) is 19.0. The van der Waals surface area contributed by atoms with Crippen LogP contribution in [0.25, 0.3) is 11.3 Å². The van der Waals surface area contributed by atoms with Crippen LogP contribution in [0.3, 0.4) is 0 Å². The summed E-state index contributed by atoms with van der Waals surface area (Å²) < 4.78 is 16.3. The smallest absolute Gasteiger partial charge is 0.414 e. The van der Waals surface area contributed by atoms with Gasteiger partial charge in [0.15, 0.2) is 5.76 Å². The zero-order valence-electron chi connectivity index (χ0n) is 13.7. The Morgan fingerprint density at radius 2 is 2.20 bits per heavy atom. The van der Waals surface area contributed by atoms with E-state index < -0.39 is 6.09 Å². The van der Waals surface area contributed by atoms with E-state index >= 15 is 0 Å². The van der Waals surface area contributed by atoms with E-state index in [1.165, 1.54) is 6.92 Å². The lowest BCUT2D eigenvalue weighted by Gasteiger charge is -2.15. The van der Waals surface area contributed by atoms with Crippen LogP contribution in [0.2, 0.25) is 0 Å². The molecule has 8 heteroatoms. The van der Waals surface area contributed by atoms with Gasteiger partial charge in [-0.1, -0.05) is 5.16 Å². The average molecular weight is 343 g/mol. The molecule has 1 saturated heterocycles. The summed E-state index contributed by atoms with van der Waals surface area (Å²) in [6.45, 7) is 2.97. The van der Waals surface area contributed by atoms with Crippen molar-refractivity contribution in [1.82, 2.24) is 10.5 Å². The summed E-state index contributed by atoms with van der Waals surface area (Å²) in [4.78, 5) is 24.7. The van der Waals surface area contributed by atoms with E-state index in [1.807, 2.05) is 18.2 Å². The molecule has 1 fully saturated rings. The number of nitrogens with zero attached hydrogens (tertiary/aromatic N) is 2. The predicted octanol–water partition coefficient (Wildman–Crippen LogP) is 1.83. The summed E-state index contributed by atoms with van der Waals surface area (Å²) in [7, 11) is 0. The Bertz CT molecular complexity index is 831. The highest BCUT2D eigenvalue weighted by Crippen LogP contribution is 2.34. The Hall–Kier alpha value is -2.87. The Morgan fingerprint density at radius 1 is 1.36 bits per heavy atom. The number of fused-ring (bicyclic) bond motifs is 3. The molecule has 1 aromatic carbocycles. The second kappa shape index (κ2) is 6.21. The van der Waals surface area contributed by atoms with Crippen molar-refractivity contribution in [3.8, 4) is 11.3 Å². The SMILES string of the molecule is CC(=O)NC[C@H]1CN(c2ccc3c(c2)COCc2cnoc2-3)C(=O)O1. The highest BCUT2D eigenvalue weighted by Gasteiger charge is 2.33. The van der Waals surface area contributed by atoms with Crippen LogP contribution in [-0.2, 0) is 27.5 Å². The van der Waals surface area contributed by atoms with Crippen LogP contribution in [0.1, 0.15) is 18.1 Å². The molecule has 1 aromatic heterocycles. The van der Waals surface area contributed by atoms with Crippen LogP contribution in [0.4, 0.5) is 10.5 Å². The molecule has 2 aromatic rings. The minimum absolute atomic E-state index is 0.153. The maximum absolute atomic E-state index is 12.2. The number of anilines is 1. The van der Waals surface area contributed by atoms with Gasteiger partial charge in [-0.3, -0.25) is 9.69 Å². The first-order valence-electron chi connectivity index (χ1n) is 7.99. The van der Waals surface area contributed by atoms with Gasteiger partial charge in [-0.2, -0.15) is 0 Å². The van der Waals surface area contributed by atoms with Crippen molar-refractivity contribution in [2.24, 2.45) is 0 Å². The molecule has 0 bridgehead atoms. The van der Waals surface area contributed by atoms with E-state index in [9.17, 15) is 9.59 Å². The fourth-order valence-corrected chi connectivity index (χ4v) is 3.04. The number of amides is 2. The molecule has 1 atom stereocenters. The van der Waals surface area contributed by atoms with Gasteiger partial charge in [0.05, 0.1) is 32.5 Å². The van der Waals surface area contributed by atoms with Crippen LogP contribution in [0.15, 0.2) is 28.9 Å². The number of carbonyl (C=O) groups excluding carboxylic acids is 2. The van der Waals surface area contributed by atoms with Crippen molar-refractivity contribution in [1.29, 1.82) is 0 Å². The molecule has 2 aliphatic heterocycles. The molecule has 1 N–H and O–H groups in total. The van der Waals surface area contributed by atoms with Gasteiger partial charge in [-0.15, -0.1) is 0 Å². The third-order valence-electron chi connectivity index (χ3n) is 4.26. The van der Waals surface area contributed by atoms with E-state index in [4.69, 9.17) is 14.0 Å². The highest BCUT2D eigenvalue weighted by molar-refractivity contribution is 5.90. The molecule has 130 valence electrons. The Labute approximate surface area is 143 Å². The van der Waals surface area contributed by atoms with E-state index in [0.717, 1.165) is 22.4 Å². The largest absolute Gasteiger partial charge is 0.442 e. The second-order valence-corrected chi connectivity index (χ2v) is 6.07. The fourth-order valence-electron chi connectivity index (χ4n) is 3.04. The van der Waals surface area contributed by atoms with Gasteiger partial charge in [-0.25, -0.2) is 4.79 Å². The first-order valence-corrected chi connectivity index (χ1v) is 7.99. The van der Waals surface area contributed by atoms with Gasteiger partial charge in [0, 0.05) is 23.7 Å². The molecule has 0 unspecified atom stereocenters. The molecule has 4 rings (SSSR count). The molecule has 0 radical (unpaired) electrons. The molecule has 2 amide bonds. The van der Waals surface area contributed by atoms with Gasteiger partial charge in [0.25, 0.3) is 0 Å². The summed E-state index contributed by atoms with van der Waals surface area (Å²) in [6, 6.07) is 5.64. The Morgan fingerprint density at radius 3 is 3.04 bits per heavy atom. The molecule has 8 nitrogen and oxygen atoms in total. The zero-order valence-corrected chi connectivity index (χ0v) is 13.7. The maximum Gasteiger partial charge on any atom is 0.414 e. The lowest BCUT2D eigenvalue weighted by molar-refractivity contribution is -0.119. The molecular formula is C17H17N3O5. The van der Waals surface area contributed by atoms with E-state index in [-0.39, 0.29) is 12.0 Å². The van der Waals surface area contributed by atoms with Crippen molar-refractivity contribution in [2.45, 2.75) is 26.2 Å². The number of cyclic esters (lactones) is 1.